The fourth-order valence-electron chi connectivity index (χ4n) is 4.62. The fraction of sp³-hybridized carbons (Fsp3) is 0.625. The first-order valence-corrected chi connectivity index (χ1v) is 14.9. The van der Waals surface area contributed by atoms with Crippen LogP contribution in [0.15, 0.2) is 42.6 Å². The van der Waals surface area contributed by atoms with Gasteiger partial charge in [-0.2, -0.15) is 0 Å². The molecule has 220 valence electrons. The molecular weight excluding hydrogens is 603 g/mol. The molecule has 2 aromatic rings. The van der Waals surface area contributed by atoms with Crippen LogP contribution in [0.3, 0.4) is 0 Å². The van der Waals surface area contributed by atoms with Gasteiger partial charge >= 0.3 is 0 Å². The van der Waals surface area contributed by atoms with Crippen molar-refractivity contribution in [2.24, 2.45) is 0 Å². The van der Waals surface area contributed by atoms with Crippen LogP contribution in [0.5, 0.6) is 17.2 Å². The molecule has 0 radical (unpaired) electrons. The number of rotatable bonds is 22. The molecule has 1 aromatic heterocycles. The van der Waals surface area contributed by atoms with Gasteiger partial charge in [-0.3, -0.25) is 4.79 Å². The second-order valence-electron chi connectivity index (χ2n) is 9.89. The first-order chi connectivity index (χ1) is 18.7. The number of para-hydroxylation sites is 1. The second-order valence-corrected chi connectivity index (χ2v) is 9.89. The summed E-state index contributed by atoms with van der Waals surface area (Å²) in [6.45, 7) is 6.43. The Morgan fingerprint density at radius 1 is 0.795 bits per heavy atom. The number of aryl methyl sites for hydroxylation is 1. The minimum Gasteiger partial charge on any atom is -1.00 e. The van der Waals surface area contributed by atoms with Crippen molar-refractivity contribution in [1.82, 2.24) is 5.32 Å². The van der Waals surface area contributed by atoms with E-state index in [1.165, 1.54) is 76.3 Å². The minimum atomic E-state index is -0.158. The van der Waals surface area contributed by atoms with Crippen LogP contribution in [0, 0.1) is 0 Å². The van der Waals surface area contributed by atoms with Crippen molar-refractivity contribution in [3.8, 4) is 17.2 Å². The summed E-state index contributed by atoms with van der Waals surface area (Å²) < 4.78 is 19.5. The number of carbonyl (C=O) groups is 1. The SMILES string of the molecule is CCCCCCCCCCCCCCOc1cccc(OCC(=O)NCCc2cccc[n+]2CC)c1OC.[I-]. The lowest BCUT2D eigenvalue weighted by Crippen LogP contribution is -3.00. The van der Waals surface area contributed by atoms with Gasteiger partial charge in [0.05, 0.1) is 13.7 Å². The van der Waals surface area contributed by atoms with E-state index in [-0.39, 0.29) is 36.5 Å². The minimum absolute atomic E-state index is 0. The number of amides is 1. The van der Waals surface area contributed by atoms with Crippen LogP contribution >= 0.6 is 0 Å². The monoisotopic (exact) mass is 654 g/mol. The quantitative estimate of drug-likeness (QED) is 0.119. The molecule has 0 fully saturated rings. The molecule has 1 amide bonds. The summed E-state index contributed by atoms with van der Waals surface area (Å²) in [5.41, 5.74) is 1.19. The largest absolute Gasteiger partial charge is 1.00 e. The maximum absolute atomic E-state index is 12.3. The van der Waals surface area contributed by atoms with E-state index < -0.39 is 0 Å². The number of nitrogens with zero attached hydrogens (tertiary/aromatic N) is 1. The number of halogens is 1. The summed E-state index contributed by atoms with van der Waals surface area (Å²) in [5.74, 6) is 1.55. The predicted octanol–water partition coefficient (Wildman–Crippen LogP) is 3.82. The first kappa shape index (κ1) is 35.0. The molecular formula is C32H51IN2O4. The van der Waals surface area contributed by atoms with Crippen molar-refractivity contribution in [2.75, 3.05) is 26.9 Å². The van der Waals surface area contributed by atoms with E-state index in [0.717, 1.165) is 19.4 Å². The number of pyridine rings is 1. The number of benzene rings is 1. The van der Waals surface area contributed by atoms with Crippen molar-refractivity contribution in [3.63, 3.8) is 0 Å². The summed E-state index contributed by atoms with van der Waals surface area (Å²) in [4.78, 5) is 12.3. The Morgan fingerprint density at radius 3 is 2.03 bits per heavy atom. The average molecular weight is 655 g/mol. The fourth-order valence-corrected chi connectivity index (χ4v) is 4.62. The highest BCUT2D eigenvalue weighted by molar-refractivity contribution is 5.77. The molecule has 0 spiro atoms. The lowest BCUT2D eigenvalue weighted by molar-refractivity contribution is -0.700. The molecule has 0 aliphatic heterocycles. The van der Waals surface area contributed by atoms with Gasteiger partial charge in [0.1, 0.15) is 6.54 Å². The Hall–Kier alpha value is -2.03. The molecule has 1 aromatic carbocycles. The Morgan fingerprint density at radius 2 is 1.41 bits per heavy atom. The zero-order valence-electron chi connectivity index (χ0n) is 24.5. The van der Waals surface area contributed by atoms with Crippen molar-refractivity contribution < 1.29 is 47.5 Å². The van der Waals surface area contributed by atoms with Gasteiger partial charge in [0.2, 0.25) is 5.75 Å². The van der Waals surface area contributed by atoms with Crippen LogP contribution in [-0.4, -0.2) is 32.8 Å². The Kier molecular flexibility index (Phi) is 20.4. The summed E-state index contributed by atoms with van der Waals surface area (Å²) >= 11 is 0. The van der Waals surface area contributed by atoms with E-state index in [4.69, 9.17) is 14.2 Å². The summed E-state index contributed by atoms with van der Waals surface area (Å²) in [5, 5.41) is 2.94. The van der Waals surface area contributed by atoms with Crippen molar-refractivity contribution in [1.29, 1.82) is 0 Å². The topological polar surface area (TPSA) is 60.7 Å². The molecule has 7 heteroatoms. The molecule has 2 rings (SSSR count). The van der Waals surface area contributed by atoms with Gasteiger partial charge in [-0.1, -0.05) is 89.7 Å². The smallest absolute Gasteiger partial charge is 0.257 e. The summed E-state index contributed by atoms with van der Waals surface area (Å²) in [6.07, 6.45) is 18.6. The van der Waals surface area contributed by atoms with Crippen LogP contribution < -0.4 is 48.1 Å². The van der Waals surface area contributed by atoms with Gasteiger partial charge in [-0.25, -0.2) is 4.57 Å². The van der Waals surface area contributed by atoms with Gasteiger partial charge in [-0.15, -0.1) is 0 Å². The highest BCUT2D eigenvalue weighted by Crippen LogP contribution is 2.37. The Labute approximate surface area is 254 Å². The van der Waals surface area contributed by atoms with Crippen molar-refractivity contribution in [2.45, 2.75) is 104 Å². The van der Waals surface area contributed by atoms with Crippen LogP contribution in [0.1, 0.15) is 96.6 Å². The summed E-state index contributed by atoms with van der Waals surface area (Å²) in [6, 6.07) is 11.7. The third kappa shape index (κ3) is 14.8. The maximum Gasteiger partial charge on any atom is 0.257 e. The van der Waals surface area contributed by atoms with Crippen LogP contribution in [0.25, 0.3) is 0 Å². The second kappa shape index (κ2) is 22.8. The third-order valence-corrected chi connectivity index (χ3v) is 6.84. The number of hydrogen-bond donors (Lipinski definition) is 1. The van der Waals surface area contributed by atoms with Crippen LogP contribution in [0.4, 0.5) is 0 Å². The molecule has 0 aliphatic rings. The molecule has 0 unspecified atom stereocenters. The van der Waals surface area contributed by atoms with Gasteiger partial charge < -0.3 is 43.5 Å². The molecule has 0 atom stereocenters. The standard InChI is InChI=1S/C32H50N2O4.HI/c1-4-6-7-8-9-10-11-12-13-14-15-18-26-37-29-21-19-22-30(32(29)36-3)38-27-31(35)33-24-23-28-20-16-17-25-34(28)5-2;/h16-17,19-22,25H,4-15,18,23-24,26-27H2,1-3H3;1H. The molecule has 0 saturated carbocycles. The highest BCUT2D eigenvalue weighted by Gasteiger charge is 2.14. The number of hydrogen-bond acceptors (Lipinski definition) is 4. The van der Waals surface area contributed by atoms with E-state index in [2.05, 4.69) is 36.0 Å². The number of unbranched alkanes of at least 4 members (excludes halogenated alkanes) is 11. The third-order valence-electron chi connectivity index (χ3n) is 6.84. The van der Waals surface area contributed by atoms with E-state index in [1.54, 1.807) is 13.2 Å². The van der Waals surface area contributed by atoms with E-state index in [1.807, 2.05) is 24.3 Å². The normalized spacial score (nSPS) is 10.5. The lowest BCUT2D eigenvalue weighted by Gasteiger charge is -2.15. The average Bonchev–Trinajstić information content (AvgIpc) is 2.94. The maximum atomic E-state index is 12.3. The van der Waals surface area contributed by atoms with Crippen LogP contribution in [0.2, 0.25) is 0 Å². The van der Waals surface area contributed by atoms with Crippen molar-refractivity contribution >= 4 is 5.91 Å². The molecule has 6 nitrogen and oxygen atoms in total. The number of aromatic nitrogens is 1. The lowest BCUT2D eigenvalue weighted by atomic mass is 10.1. The predicted molar refractivity (Wildman–Crippen MR) is 154 cm³/mol. The Bertz CT molecular complexity index is 909. The molecule has 0 bridgehead atoms. The van der Waals surface area contributed by atoms with Crippen LogP contribution in [-0.2, 0) is 17.8 Å². The number of carbonyl (C=O) groups excluding carboxylic acids is 1. The molecule has 0 saturated heterocycles. The molecule has 39 heavy (non-hydrogen) atoms. The van der Waals surface area contributed by atoms with Crippen molar-refractivity contribution in [3.05, 3.63) is 48.3 Å². The highest BCUT2D eigenvalue weighted by atomic mass is 127. The number of ether oxygens (including phenoxy) is 3. The van der Waals surface area contributed by atoms with Gasteiger partial charge in [0.25, 0.3) is 5.91 Å². The van der Waals surface area contributed by atoms with E-state index >= 15 is 0 Å². The number of methoxy groups -OCH3 is 1. The summed E-state index contributed by atoms with van der Waals surface area (Å²) in [7, 11) is 1.60. The van der Waals surface area contributed by atoms with Gasteiger partial charge in [-0.05, 0) is 25.5 Å². The molecule has 1 N–H and O–H groups in total. The van der Waals surface area contributed by atoms with Gasteiger partial charge in [0, 0.05) is 25.1 Å². The van der Waals surface area contributed by atoms with E-state index in [0.29, 0.717) is 30.4 Å². The number of nitrogens with one attached hydrogen (secondary N) is 1. The van der Waals surface area contributed by atoms with Gasteiger partial charge in [0.15, 0.2) is 30.0 Å². The zero-order chi connectivity index (χ0) is 27.3. The first-order valence-electron chi connectivity index (χ1n) is 14.9. The molecule has 1 heterocycles. The molecule has 0 aliphatic carbocycles. The Balaban J connectivity index is 0.00000760. The zero-order valence-corrected chi connectivity index (χ0v) is 26.7. The van der Waals surface area contributed by atoms with E-state index in [9.17, 15) is 4.79 Å².